The number of aliphatic hydroxyl groups excluding tert-OH is 1. The van der Waals surface area contributed by atoms with Gasteiger partial charge in [-0.15, -0.1) is 0 Å². The minimum Gasteiger partial charge on any atom is -0.395 e. The van der Waals surface area contributed by atoms with E-state index in [1.807, 2.05) is 0 Å². The molecule has 0 radical (unpaired) electrons. The van der Waals surface area contributed by atoms with Crippen molar-refractivity contribution in [3.63, 3.8) is 0 Å². The minimum absolute atomic E-state index is 0.149. The van der Waals surface area contributed by atoms with E-state index in [0.29, 0.717) is 6.61 Å². The van der Waals surface area contributed by atoms with E-state index in [0.717, 1.165) is 26.2 Å². The molecular weight excluding hydrogens is 252 g/mol. The molecule has 2 unspecified atom stereocenters. The zero-order chi connectivity index (χ0) is 15.2. The number of rotatable bonds is 7. The van der Waals surface area contributed by atoms with Crippen molar-refractivity contribution >= 4 is 0 Å². The lowest BCUT2D eigenvalue weighted by Crippen LogP contribution is -2.54. The molecule has 0 saturated carbocycles. The molecule has 0 spiro atoms. The largest absolute Gasteiger partial charge is 0.395 e. The van der Waals surface area contributed by atoms with E-state index >= 15 is 0 Å². The summed E-state index contributed by atoms with van der Waals surface area (Å²) in [6.45, 7) is 15.8. The molecule has 0 aromatic heterocycles. The Bertz CT molecular complexity index is 278. The molecule has 1 saturated heterocycles. The average Bonchev–Trinajstić information content (AvgIpc) is 2.37. The predicted molar refractivity (Wildman–Crippen MR) is 84.0 cm³/mol. The van der Waals surface area contributed by atoms with Crippen LogP contribution in [-0.4, -0.2) is 61.0 Å². The smallest absolute Gasteiger partial charge is 0.0644 e. The van der Waals surface area contributed by atoms with Crippen LogP contribution in [0, 0.1) is 5.41 Å². The maximum atomic E-state index is 9.51. The van der Waals surface area contributed by atoms with Gasteiger partial charge < -0.3 is 15.2 Å². The van der Waals surface area contributed by atoms with Crippen molar-refractivity contribution in [2.24, 2.45) is 5.41 Å². The molecule has 1 aliphatic rings. The van der Waals surface area contributed by atoms with E-state index in [2.05, 4.69) is 44.8 Å². The van der Waals surface area contributed by atoms with Crippen molar-refractivity contribution in [1.29, 1.82) is 0 Å². The lowest BCUT2D eigenvalue weighted by Gasteiger charge is -2.42. The Balaban J connectivity index is 2.63. The standard InChI is InChI=1S/C16H34N2O2/c1-6-7-16(5,12-17-15(2,3)4)13-18-8-9-20-11-14(18)10-19/h14,17,19H,6-13H2,1-5H3. The Labute approximate surface area is 124 Å². The van der Waals surface area contributed by atoms with Gasteiger partial charge in [-0.05, 0) is 32.6 Å². The summed E-state index contributed by atoms with van der Waals surface area (Å²) in [7, 11) is 0. The minimum atomic E-state index is 0.149. The van der Waals surface area contributed by atoms with Crippen molar-refractivity contribution < 1.29 is 9.84 Å². The highest BCUT2D eigenvalue weighted by Gasteiger charge is 2.32. The number of hydrogen-bond acceptors (Lipinski definition) is 4. The molecule has 0 aromatic rings. The Kier molecular flexibility index (Phi) is 6.92. The van der Waals surface area contributed by atoms with Crippen LogP contribution in [0.1, 0.15) is 47.5 Å². The van der Waals surface area contributed by atoms with E-state index in [1.54, 1.807) is 0 Å². The molecule has 4 nitrogen and oxygen atoms in total. The summed E-state index contributed by atoms with van der Waals surface area (Å²) >= 11 is 0. The molecule has 1 aliphatic heterocycles. The van der Waals surface area contributed by atoms with Gasteiger partial charge >= 0.3 is 0 Å². The van der Waals surface area contributed by atoms with Crippen molar-refractivity contribution in [3.8, 4) is 0 Å². The van der Waals surface area contributed by atoms with Crippen molar-refractivity contribution in [1.82, 2.24) is 10.2 Å². The second-order valence-electron chi connectivity index (χ2n) is 7.55. The van der Waals surface area contributed by atoms with Crippen LogP contribution >= 0.6 is 0 Å². The van der Waals surface area contributed by atoms with E-state index < -0.39 is 0 Å². The van der Waals surface area contributed by atoms with Gasteiger partial charge in [0.1, 0.15) is 0 Å². The Morgan fingerprint density at radius 3 is 2.55 bits per heavy atom. The van der Waals surface area contributed by atoms with Crippen LogP contribution < -0.4 is 5.32 Å². The van der Waals surface area contributed by atoms with Gasteiger partial charge in [-0.3, -0.25) is 4.90 Å². The van der Waals surface area contributed by atoms with Gasteiger partial charge in [0.2, 0.25) is 0 Å². The lowest BCUT2D eigenvalue weighted by molar-refractivity contribution is -0.0441. The maximum absolute atomic E-state index is 9.51. The molecule has 2 N–H and O–H groups in total. The fourth-order valence-corrected chi connectivity index (χ4v) is 2.86. The van der Waals surface area contributed by atoms with E-state index in [9.17, 15) is 5.11 Å². The van der Waals surface area contributed by atoms with Crippen LogP contribution in [0.2, 0.25) is 0 Å². The number of hydrogen-bond donors (Lipinski definition) is 2. The first kappa shape index (κ1) is 17.9. The third-order valence-corrected chi connectivity index (χ3v) is 4.04. The molecular formula is C16H34N2O2. The van der Waals surface area contributed by atoms with Crippen molar-refractivity contribution in [2.45, 2.75) is 59.0 Å². The topological polar surface area (TPSA) is 44.7 Å². The molecule has 0 aliphatic carbocycles. The van der Waals surface area contributed by atoms with Crippen LogP contribution in [0.4, 0.5) is 0 Å². The van der Waals surface area contributed by atoms with Crippen LogP contribution in [-0.2, 0) is 4.74 Å². The van der Waals surface area contributed by atoms with Gasteiger partial charge in [0.05, 0.1) is 25.9 Å². The highest BCUT2D eigenvalue weighted by atomic mass is 16.5. The SMILES string of the molecule is CCCC(C)(CNC(C)(C)C)CN1CCOCC1CO. The first-order valence-electron chi connectivity index (χ1n) is 7.97. The first-order valence-corrected chi connectivity index (χ1v) is 7.97. The van der Waals surface area contributed by atoms with Crippen LogP contribution in [0.25, 0.3) is 0 Å². The molecule has 1 rings (SSSR count). The van der Waals surface area contributed by atoms with Crippen LogP contribution in [0.5, 0.6) is 0 Å². The Morgan fingerprint density at radius 1 is 1.30 bits per heavy atom. The molecule has 120 valence electrons. The Hall–Kier alpha value is -0.160. The van der Waals surface area contributed by atoms with Gasteiger partial charge in [-0.1, -0.05) is 20.3 Å². The predicted octanol–water partition coefficient (Wildman–Crippen LogP) is 1.87. The summed E-state index contributed by atoms with van der Waals surface area (Å²) in [5.74, 6) is 0. The maximum Gasteiger partial charge on any atom is 0.0644 e. The number of nitrogens with one attached hydrogen (secondary N) is 1. The van der Waals surface area contributed by atoms with Gasteiger partial charge in [-0.25, -0.2) is 0 Å². The average molecular weight is 286 g/mol. The molecule has 1 heterocycles. The Morgan fingerprint density at radius 2 is 2.00 bits per heavy atom. The normalized spacial score (nSPS) is 24.6. The number of aliphatic hydroxyl groups is 1. The van der Waals surface area contributed by atoms with Crippen LogP contribution in [0.3, 0.4) is 0 Å². The second-order valence-corrected chi connectivity index (χ2v) is 7.55. The summed E-state index contributed by atoms with van der Waals surface area (Å²) in [6, 6.07) is 0.162. The molecule has 20 heavy (non-hydrogen) atoms. The fourth-order valence-electron chi connectivity index (χ4n) is 2.86. The zero-order valence-corrected chi connectivity index (χ0v) is 14.0. The summed E-state index contributed by atoms with van der Waals surface area (Å²) < 4.78 is 5.47. The molecule has 0 aromatic carbocycles. The van der Waals surface area contributed by atoms with Crippen molar-refractivity contribution in [2.75, 3.05) is 39.5 Å². The number of ether oxygens (including phenoxy) is 1. The summed E-state index contributed by atoms with van der Waals surface area (Å²) in [5.41, 5.74) is 0.392. The van der Waals surface area contributed by atoms with Gasteiger partial charge in [0.25, 0.3) is 0 Å². The third kappa shape index (κ3) is 6.08. The lowest BCUT2D eigenvalue weighted by atomic mass is 9.83. The van der Waals surface area contributed by atoms with Crippen LogP contribution in [0.15, 0.2) is 0 Å². The van der Waals surface area contributed by atoms with E-state index in [1.165, 1.54) is 12.8 Å². The molecule has 4 heteroatoms. The summed E-state index contributed by atoms with van der Waals surface area (Å²) in [6.07, 6.45) is 2.39. The molecule has 0 bridgehead atoms. The monoisotopic (exact) mass is 286 g/mol. The third-order valence-electron chi connectivity index (χ3n) is 4.04. The first-order chi connectivity index (χ1) is 9.29. The summed E-state index contributed by atoms with van der Waals surface area (Å²) in [4.78, 5) is 2.41. The highest BCUT2D eigenvalue weighted by molar-refractivity contribution is 4.87. The molecule has 2 atom stereocenters. The highest BCUT2D eigenvalue weighted by Crippen LogP contribution is 2.26. The van der Waals surface area contributed by atoms with E-state index in [-0.39, 0.29) is 23.6 Å². The summed E-state index contributed by atoms with van der Waals surface area (Å²) in [5, 5.41) is 13.2. The van der Waals surface area contributed by atoms with E-state index in [4.69, 9.17) is 4.74 Å². The molecule has 0 amide bonds. The van der Waals surface area contributed by atoms with Gasteiger partial charge in [-0.2, -0.15) is 0 Å². The zero-order valence-electron chi connectivity index (χ0n) is 14.0. The molecule has 1 fully saturated rings. The number of morpholine rings is 1. The second kappa shape index (κ2) is 7.74. The number of nitrogens with zero attached hydrogens (tertiary/aromatic N) is 1. The van der Waals surface area contributed by atoms with Gasteiger partial charge in [0.15, 0.2) is 0 Å². The fraction of sp³-hybridized carbons (Fsp3) is 1.00. The van der Waals surface area contributed by atoms with Crippen molar-refractivity contribution in [3.05, 3.63) is 0 Å². The van der Waals surface area contributed by atoms with Gasteiger partial charge in [0, 0.05) is 25.2 Å². The quantitative estimate of drug-likeness (QED) is 0.750.